The highest BCUT2D eigenvalue weighted by Gasteiger charge is 2.53. The second-order valence-electron chi connectivity index (χ2n) is 7.00. The molecular weight excluding hydrogens is 442 g/mol. The average Bonchev–Trinajstić information content (AvgIpc) is 2.71. The van der Waals surface area contributed by atoms with Gasteiger partial charge in [-0.25, -0.2) is 0 Å². The monoisotopic (exact) mass is 467 g/mol. The molecule has 1 aliphatic heterocycles. The standard InChI is InChI=1S/C21H25NO11/c1-11(23)28-10-17-18(29-12(2)24)19(30-13(3)25)20(31-14(4)26)21(33-17)32-16-7-5-15(6-8-16)9-22-27/h5-9,17-21,27H,10H2,1-4H3/b22-9-/t17-,18-,19-,20-,21-/m1/s1. The summed E-state index contributed by atoms with van der Waals surface area (Å²) in [7, 11) is 0. The zero-order chi connectivity index (χ0) is 24.5. The highest BCUT2D eigenvalue weighted by molar-refractivity contribution is 5.79. The topological polar surface area (TPSA) is 156 Å². The van der Waals surface area contributed by atoms with Gasteiger partial charge in [-0.2, -0.15) is 0 Å². The van der Waals surface area contributed by atoms with Crippen molar-refractivity contribution in [3.8, 4) is 5.75 Å². The lowest BCUT2D eigenvalue weighted by Crippen LogP contribution is -2.63. The lowest BCUT2D eigenvalue weighted by atomic mass is 9.98. The van der Waals surface area contributed by atoms with Crippen molar-refractivity contribution in [3.05, 3.63) is 29.8 Å². The number of carbonyl (C=O) groups is 4. The van der Waals surface area contributed by atoms with Crippen LogP contribution in [0.2, 0.25) is 0 Å². The van der Waals surface area contributed by atoms with E-state index < -0.39 is 54.6 Å². The Balaban J connectivity index is 2.42. The molecule has 5 atom stereocenters. The Morgan fingerprint density at radius 2 is 1.42 bits per heavy atom. The van der Waals surface area contributed by atoms with Crippen molar-refractivity contribution >= 4 is 30.1 Å². The summed E-state index contributed by atoms with van der Waals surface area (Å²) >= 11 is 0. The van der Waals surface area contributed by atoms with Gasteiger partial charge in [0.1, 0.15) is 18.5 Å². The van der Waals surface area contributed by atoms with Crippen LogP contribution < -0.4 is 4.74 Å². The lowest BCUT2D eigenvalue weighted by molar-refractivity contribution is -0.288. The molecule has 1 N–H and O–H groups in total. The van der Waals surface area contributed by atoms with Crippen LogP contribution in [0.3, 0.4) is 0 Å². The van der Waals surface area contributed by atoms with Crippen LogP contribution in [-0.4, -0.2) is 72.6 Å². The molecule has 1 aliphatic rings. The van der Waals surface area contributed by atoms with Crippen molar-refractivity contribution in [1.82, 2.24) is 0 Å². The third-order valence-electron chi connectivity index (χ3n) is 4.29. The van der Waals surface area contributed by atoms with Crippen molar-refractivity contribution < 1.29 is 52.8 Å². The largest absolute Gasteiger partial charge is 0.463 e. The van der Waals surface area contributed by atoms with Crippen LogP contribution in [0.5, 0.6) is 5.75 Å². The van der Waals surface area contributed by atoms with Crippen LogP contribution in [0.15, 0.2) is 29.4 Å². The fraction of sp³-hybridized carbons (Fsp3) is 0.476. The number of hydrogen-bond acceptors (Lipinski definition) is 12. The average molecular weight is 467 g/mol. The molecule has 1 aromatic carbocycles. The van der Waals surface area contributed by atoms with E-state index in [-0.39, 0.29) is 12.4 Å². The van der Waals surface area contributed by atoms with Gasteiger partial charge in [-0.15, -0.1) is 0 Å². The maximum absolute atomic E-state index is 11.8. The van der Waals surface area contributed by atoms with Gasteiger partial charge in [-0.1, -0.05) is 5.16 Å². The maximum atomic E-state index is 11.8. The molecule has 2 rings (SSSR count). The number of rotatable bonds is 8. The Kier molecular flexibility index (Phi) is 9.16. The zero-order valence-electron chi connectivity index (χ0n) is 18.5. The molecule has 1 aromatic rings. The summed E-state index contributed by atoms with van der Waals surface area (Å²) in [4.78, 5) is 46.7. The van der Waals surface area contributed by atoms with Crippen molar-refractivity contribution in [2.45, 2.75) is 58.4 Å². The number of oxime groups is 1. The predicted molar refractivity (Wildman–Crippen MR) is 108 cm³/mol. The predicted octanol–water partition coefficient (Wildman–Crippen LogP) is 0.957. The smallest absolute Gasteiger partial charge is 0.303 e. The van der Waals surface area contributed by atoms with Gasteiger partial charge in [0.2, 0.25) is 12.4 Å². The molecule has 0 spiro atoms. The number of carbonyl (C=O) groups excluding carboxylic acids is 4. The van der Waals surface area contributed by atoms with Crippen LogP contribution in [0, 0.1) is 0 Å². The van der Waals surface area contributed by atoms with Crippen molar-refractivity contribution in [2.75, 3.05) is 6.61 Å². The summed E-state index contributed by atoms with van der Waals surface area (Å²) in [6.45, 7) is 4.22. The second-order valence-corrected chi connectivity index (χ2v) is 7.00. The number of hydrogen-bond donors (Lipinski definition) is 1. The van der Waals surface area contributed by atoms with E-state index in [2.05, 4.69) is 5.16 Å². The summed E-state index contributed by atoms with van der Waals surface area (Å²) in [6, 6.07) is 6.23. The van der Waals surface area contributed by atoms with Crippen molar-refractivity contribution in [1.29, 1.82) is 0 Å². The molecule has 0 aromatic heterocycles. The van der Waals surface area contributed by atoms with Gasteiger partial charge < -0.3 is 33.6 Å². The Bertz CT molecular complexity index is 883. The first-order valence-corrected chi connectivity index (χ1v) is 9.85. The van der Waals surface area contributed by atoms with E-state index in [1.54, 1.807) is 12.1 Å². The van der Waals surface area contributed by atoms with Crippen LogP contribution >= 0.6 is 0 Å². The van der Waals surface area contributed by atoms with Crippen LogP contribution in [-0.2, 0) is 42.9 Å². The first kappa shape index (κ1) is 25.6. The maximum Gasteiger partial charge on any atom is 0.303 e. The van der Waals surface area contributed by atoms with Gasteiger partial charge in [-0.05, 0) is 29.8 Å². The molecular formula is C21H25NO11. The first-order chi connectivity index (χ1) is 15.6. The summed E-state index contributed by atoms with van der Waals surface area (Å²) in [5, 5.41) is 11.6. The summed E-state index contributed by atoms with van der Waals surface area (Å²) in [6.07, 6.45) is -5.16. The van der Waals surface area contributed by atoms with E-state index in [1.165, 1.54) is 25.3 Å². The molecule has 1 heterocycles. The van der Waals surface area contributed by atoms with Gasteiger partial charge >= 0.3 is 23.9 Å². The number of nitrogens with zero attached hydrogens (tertiary/aromatic N) is 1. The molecule has 12 nitrogen and oxygen atoms in total. The minimum atomic E-state index is -1.33. The van der Waals surface area contributed by atoms with Gasteiger partial charge in [-0.3, -0.25) is 19.2 Å². The third kappa shape index (κ3) is 7.75. The second kappa shape index (κ2) is 11.8. The van der Waals surface area contributed by atoms with Crippen LogP contribution in [0.25, 0.3) is 0 Å². The molecule has 0 radical (unpaired) electrons. The fourth-order valence-corrected chi connectivity index (χ4v) is 3.12. The first-order valence-electron chi connectivity index (χ1n) is 9.85. The summed E-state index contributed by atoms with van der Waals surface area (Å²) in [5.41, 5.74) is 0.575. The van der Waals surface area contributed by atoms with Crippen LogP contribution in [0.1, 0.15) is 33.3 Å². The van der Waals surface area contributed by atoms with E-state index in [4.69, 9.17) is 33.6 Å². The van der Waals surface area contributed by atoms with Gasteiger partial charge in [0, 0.05) is 27.7 Å². The molecule has 12 heteroatoms. The molecule has 180 valence electrons. The molecule has 0 unspecified atom stereocenters. The molecule has 1 fully saturated rings. The Morgan fingerprint density at radius 3 is 1.94 bits per heavy atom. The normalized spacial score (nSPS) is 24.5. The fourth-order valence-electron chi connectivity index (χ4n) is 3.12. The summed E-state index contributed by atoms with van der Waals surface area (Å²) < 4.78 is 32.6. The van der Waals surface area contributed by atoms with Crippen molar-refractivity contribution in [2.24, 2.45) is 5.16 Å². The Labute approximate surface area is 189 Å². The number of benzene rings is 1. The van der Waals surface area contributed by atoms with Crippen LogP contribution in [0.4, 0.5) is 0 Å². The SMILES string of the molecule is CC(=O)OC[C@H]1O[C@@H](Oc2ccc(/C=N\O)cc2)[C@H](OC(C)=O)[C@H](OC(C)=O)[C@@H]1OC(C)=O. The van der Waals surface area contributed by atoms with E-state index in [0.717, 1.165) is 20.8 Å². The van der Waals surface area contributed by atoms with E-state index in [1.807, 2.05) is 0 Å². The molecule has 0 bridgehead atoms. The minimum Gasteiger partial charge on any atom is -0.463 e. The van der Waals surface area contributed by atoms with Gasteiger partial charge in [0.15, 0.2) is 12.2 Å². The molecule has 1 saturated heterocycles. The quantitative estimate of drug-likeness (QED) is 0.191. The Morgan fingerprint density at radius 1 is 0.879 bits per heavy atom. The number of ether oxygens (including phenoxy) is 6. The highest BCUT2D eigenvalue weighted by Crippen LogP contribution is 2.31. The van der Waals surface area contributed by atoms with Gasteiger partial charge in [0.25, 0.3) is 0 Å². The third-order valence-corrected chi connectivity index (χ3v) is 4.29. The Hall–Kier alpha value is -3.67. The number of esters is 4. The van der Waals surface area contributed by atoms with E-state index >= 15 is 0 Å². The van der Waals surface area contributed by atoms with Crippen molar-refractivity contribution in [3.63, 3.8) is 0 Å². The molecule has 0 aliphatic carbocycles. The minimum absolute atomic E-state index is 0.269. The molecule has 33 heavy (non-hydrogen) atoms. The summed E-state index contributed by atoms with van der Waals surface area (Å²) in [5.74, 6) is -2.55. The van der Waals surface area contributed by atoms with E-state index in [0.29, 0.717) is 5.56 Å². The van der Waals surface area contributed by atoms with Gasteiger partial charge in [0.05, 0.1) is 6.21 Å². The molecule has 0 amide bonds. The molecule has 0 saturated carbocycles. The van der Waals surface area contributed by atoms with E-state index in [9.17, 15) is 19.2 Å². The highest BCUT2D eigenvalue weighted by atomic mass is 16.7. The lowest BCUT2D eigenvalue weighted by Gasteiger charge is -2.43. The zero-order valence-corrected chi connectivity index (χ0v) is 18.5.